The molecule has 0 aromatic rings. The second kappa shape index (κ2) is 3.27. The summed E-state index contributed by atoms with van der Waals surface area (Å²) in [5, 5.41) is 2.06. The number of imide groups is 1. The number of nitrogens with zero attached hydrogens (tertiary/aromatic N) is 1. The number of hydrogen-bond acceptors (Lipinski definition) is 4. The van der Waals surface area contributed by atoms with Gasteiger partial charge in [0.1, 0.15) is 0 Å². The van der Waals surface area contributed by atoms with Crippen LogP contribution in [0.1, 0.15) is 20.8 Å². The van der Waals surface area contributed by atoms with Crippen LogP contribution in [0.3, 0.4) is 0 Å². The van der Waals surface area contributed by atoms with Crippen molar-refractivity contribution in [1.82, 2.24) is 10.2 Å². The second-order valence-corrected chi connectivity index (χ2v) is 4.08. The second-order valence-electron chi connectivity index (χ2n) is 4.08. The summed E-state index contributed by atoms with van der Waals surface area (Å²) < 4.78 is 0. The van der Waals surface area contributed by atoms with Gasteiger partial charge in [0, 0.05) is 5.54 Å². The van der Waals surface area contributed by atoms with Gasteiger partial charge in [-0.05, 0) is 20.8 Å². The van der Waals surface area contributed by atoms with E-state index in [0.717, 1.165) is 0 Å². The number of piperazine rings is 1. The van der Waals surface area contributed by atoms with E-state index < -0.39 is 17.4 Å². The third-order valence-electron chi connectivity index (χ3n) is 1.95. The summed E-state index contributed by atoms with van der Waals surface area (Å²) in [5.74, 6) is 0.485. The van der Waals surface area contributed by atoms with Crippen LogP contribution in [0.2, 0.25) is 0 Å². The molecule has 14 heavy (non-hydrogen) atoms. The molecule has 0 bridgehead atoms. The van der Waals surface area contributed by atoms with Crippen molar-refractivity contribution < 1.29 is 14.4 Å². The van der Waals surface area contributed by atoms with Gasteiger partial charge >= 0.3 is 0 Å². The Morgan fingerprint density at radius 3 is 2.36 bits per heavy atom. The zero-order valence-electron chi connectivity index (χ0n) is 8.38. The van der Waals surface area contributed by atoms with Crippen LogP contribution in [0.5, 0.6) is 0 Å². The van der Waals surface area contributed by atoms with Crippen LogP contribution in [0.4, 0.5) is 0 Å². The van der Waals surface area contributed by atoms with Crippen molar-refractivity contribution in [2.45, 2.75) is 26.3 Å². The van der Waals surface area contributed by atoms with Crippen molar-refractivity contribution >= 4 is 17.8 Å². The Balaban J connectivity index is 3.08. The number of hydrogen-bond donors (Lipinski definition) is 1. The van der Waals surface area contributed by atoms with Crippen LogP contribution in [0, 0.1) is 0 Å². The van der Waals surface area contributed by atoms with Crippen molar-refractivity contribution in [1.29, 1.82) is 0 Å². The molecule has 0 aromatic carbocycles. The number of nitrogens with one attached hydrogen (secondary N) is 1. The first-order chi connectivity index (χ1) is 6.36. The molecule has 1 rings (SSSR count). The zero-order valence-corrected chi connectivity index (χ0v) is 8.38. The van der Waals surface area contributed by atoms with Crippen molar-refractivity contribution in [3.8, 4) is 0 Å². The highest BCUT2D eigenvalue weighted by molar-refractivity contribution is 6.11. The fraction of sp³-hybridized carbons (Fsp3) is 0.556. The van der Waals surface area contributed by atoms with Crippen LogP contribution in [0.25, 0.3) is 0 Å². The van der Waals surface area contributed by atoms with Gasteiger partial charge in [-0.25, -0.2) is 4.79 Å². The third-order valence-corrected chi connectivity index (χ3v) is 1.95. The first-order valence-electron chi connectivity index (χ1n) is 4.23. The van der Waals surface area contributed by atoms with E-state index in [1.807, 2.05) is 20.8 Å². The van der Waals surface area contributed by atoms with E-state index in [2.05, 4.69) is 5.32 Å². The molecule has 1 aliphatic heterocycles. The lowest BCUT2D eigenvalue weighted by Crippen LogP contribution is -2.56. The van der Waals surface area contributed by atoms with Gasteiger partial charge in [0.25, 0.3) is 5.91 Å². The summed E-state index contributed by atoms with van der Waals surface area (Å²) in [6.45, 7) is 5.46. The molecule has 1 aliphatic rings. The molecule has 0 spiro atoms. The van der Waals surface area contributed by atoms with Crippen molar-refractivity contribution in [2.75, 3.05) is 6.54 Å². The third kappa shape index (κ3) is 1.83. The van der Waals surface area contributed by atoms with Crippen LogP contribution in [0.15, 0.2) is 5.70 Å². The molecule has 1 saturated heterocycles. The maximum absolute atomic E-state index is 11.2. The lowest BCUT2D eigenvalue weighted by atomic mass is 10.0. The summed E-state index contributed by atoms with van der Waals surface area (Å²) in [4.78, 5) is 34.3. The first-order valence-corrected chi connectivity index (χ1v) is 4.23. The fourth-order valence-electron chi connectivity index (χ4n) is 1.24. The molecule has 1 heterocycles. The molecule has 1 N–H and O–H groups in total. The van der Waals surface area contributed by atoms with Gasteiger partial charge < -0.3 is 4.90 Å². The van der Waals surface area contributed by atoms with Gasteiger partial charge in [0.2, 0.25) is 5.91 Å². The van der Waals surface area contributed by atoms with Crippen molar-refractivity contribution in [3.05, 3.63) is 5.70 Å². The Labute approximate surface area is 81.8 Å². The van der Waals surface area contributed by atoms with E-state index in [1.54, 1.807) is 5.94 Å². The quantitative estimate of drug-likeness (QED) is 0.321. The predicted octanol–water partition coefficient (Wildman–Crippen LogP) is -0.541. The summed E-state index contributed by atoms with van der Waals surface area (Å²) >= 11 is 0. The van der Waals surface area contributed by atoms with Gasteiger partial charge in [-0.1, -0.05) is 0 Å². The van der Waals surface area contributed by atoms with E-state index in [4.69, 9.17) is 0 Å². The number of amides is 2. The van der Waals surface area contributed by atoms with E-state index in [1.165, 1.54) is 4.90 Å². The van der Waals surface area contributed by atoms with Gasteiger partial charge in [0.15, 0.2) is 11.6 Å². The molecule has 2 amide bonds. The van der Waals surface area contributed by atoms with Crippen molar-refractivity contribution in [3.63, 3.8) is 0 Å². The zero-order chi connectivity index (χ0) is 10.9. The smallest absolute Gasteiger partial charge is 0.285 e. The molecule has 0 radical (unpaired) electrons. The van der Waals surface area contributed by atoms with Gasteiger partial charge in [0.05, 0.1) is 6.54 Å². The molecule has 1 fully saturated rings. The first kappa shape index (κ1) is 10.5. The number of rotatable bonds is 0. The Hall–Kier alpha value is -1.61. The molecule has 5 heteroatoms. The van der Waals surface area contributed by atoms with E-state index in [9.17, 15) is 14.4 Å². The highest BCUT2D eigenvalue weighted by Crippen LogP contribution is 2.19. The molecule has 0 unspecified atom stereocenters. The lowest BCUT2D eigenvalue weighted by Gasteiger charge is -2.38. The minimum Gasteiger partial charge on any atom is -0.344 e. The van der Waals surface area contributed by atoms with Crippen LogP contribution >= 0.6 is 0 Å². The van der Waals surface area contributed by atoms with E-state index in [0.29, 0.717) is 0 Å². The monoisotopic (exact) mass is 196 g/mol. The highest BCUT2D eigenvalue weighted by atomic mass is 16.2. The molecular formula is C9H12N2O3. The predicted molar refractivity (Wildman–Crippen MR) is 48.8 cm³/mol. The van der Waals surface area contributed by atoms with Crippen LogP contribution < -0.4 is 5.32 Å². The maximum atomic E-state index is 11.2. The summed E-state index contributed by atoms with van der Waals surface area (Å²) in [7, 11) is 0. The SMILES string of the molecule is CC(C)(C)N1CC(=O)NC(=O)C1=C=O. The van der Waals surface area contributed by atoms with Gasteiger partial charge in [-0.3, -0.25) is 14.9 Å². The summed E-state index contributed by atoms with van der Waals surface area (Å²) in [6, 6.07) is 0. The number of carbonyl (C=O) groups is 2. The number of carbonyl (C=O) groups excluding carboxylic acids is 3. The lowest BCUT2D eigenvalue weighted by molar-refractivity contribution is -0.134. The fourth-order valence-corrected chi connectivity index (χ4v) is 1.24. The topological polar surface area (TPSA) is 66.5 Å². The molecule has 0 aliphatic carbocycles. The van der Waals surface area contributed by atoms with E-state index in [-0.39, 0.29) is 12.2 Å². The molecule has 0 saturated carbocycles. The Morgan fingerprint density at radius 1 is 1.36 bits per heavy atom. The molecule has 5 nitrogen and oxygen atoms in total. The molecule has 0 aromatic heterocycles. The summed E-state index contributed by atoms with van der Waals surface area (Å²) in [5.41, 5.74) is -0.558. The van der Waals surface area contributed by atoms with E-state index >= 15 is 0 Å². The van der Waals surface area contributed by atoms with Crippen molar-refractivity contribution in [2.24, 2.45) is 0 Å². The van der Waals surface area contributed by atoms with Crippen LogP contribution in [-0.2, 0) is 14.4 Å². The average molecular weight is 196 g/mol. The standard InChI is InChI=1S/C9H12N2O3/c1-9(2,3)11-4-7(13)10-8(14)6(11)5-12/h4H2,1-3H3,(H,10,13,14). The molecule has 0 atom stereocenters. The minimum atomic E-state index is -0.675. The van der Waals surface area contributed by atoms with Crippen LogP contribution in [-0.4, -0.2) is 34.7 Å². The van der Waals surface area contributed by atoms with Gasteiger partial charge in [-0.2, -0.15) is 0 Å². The Kier molecular flexibility index (Phi) is 2.45. The normalized spacial score (nSPS) is 17.9. The van der Waals surface area contributed by atoms with Gasteiger partial charge in [-0.15, -0.1) is 0 Å². The maximum Gasteiger partial charge on any atom is 0.285 e. The minimum absolute atomic E-state index is 0.0137. The largest absolute Gasteiger partial charge is 0.344 e. The molecule has 76 valence electrons. The highest BCUT2D eigenvalue weighted by Gasteiger charge is 2.35. The average Bonchev–Trinajstić information content (AvgIpc) is 2.01. The molecular weight excluding hydrogens is 184 g/mol. The Bertz CT molecular complexity index is 334. The summed E-state index contributed by atoms with van der Waals surface area (Å²) in [6.07, 6.45) is 0. The Morgan fingerprint density at radius 2 is 1.93 bits per heavy atom.